The van der Waals surface area contributed by atoms with Crippen molar-refractivity contribution in [3.63, 3.8) is 0 Å². The maximum absolute atomic E-state index is 6.17. The van der Waals surface area contributed by atoms with E-state index in [-0.39, 0.29) is 5.60 Å². The zero-order chi connectivity index (χ0) is 9.31. The molecule has 1 aliphatic carbocycles. The van der Waals surface area contributed by atoms with E-state index in [2.05, 4.69) is 19.2 Å². The Bertz CT molecular complexity index is 175. The van der Waals surface area contributed by atoms with Gasteiger partial charge < -0.3 is 10.1 Å². The van der Waals surface area contributed by atoms with Gasteiger partial charge in [0.1, 0.15) is 0 Å². The van der Waals surface area contributed by atoms with Crippen molar-refractivity contribution in [2.75, 3.05) is 6.54 Å². The van der Waals surface area contributed by atoms with Gasteiger partial charge in [0.2, 0.25) is 0 Å². The van der Waals surface area contributed by atoms with Gasteiger partial charge in [0, 0.05) is 12.6 Å². The standard InChI is InChI=1S/C11H21NO/c1-9-7-10(2)13-11(8-12-9)5-3-4-6-11/h9-10,12H,3-8H2,1-2H3. The Labute approximate surface area is 81.0 Å². The lowest BCUT2D eigenvalue weighted by atomic mass is 10.0. The minimum absolute atomic E-state index is 0.199. The van der Waals surface area contributed by atoms with Crippen LogP contribution in [0.25, 0.3) is 0 Å². The number of hydrogen-bond donors (Lipinski definition) is 1. The molecule has 0 aromatic heterocycles. The van der Waals surface area contributed by atoms with Crippen LogP contribution in [-0.2, 0) is 4.74 Å². The fourth-order valence-electron chi connectivity index (χ4n) is 2.77. The van der Waals surface area contributed by atoms with Crippen molar-refractivity contribution in [1.29, 1.82) is 0 Å². The fourth-order valence-corrected chi connectivity index (χ4v) is 2.77. The third-order valence-electron chi connectivity index (χ3n) is 3.42. The Kier molecular flexibility index (Phi) is 2.61. The highest BCUT2D eigenvalue weighted by molar-refractivity contribution is 4.92. The summed E-state index contributed by atoms with van der Waals surface area (Å²) in [6, 6.07) is 0.620. The first kappa shape index (κ1) is 9.47. The average Bonchev–Trinajstić information content (AvgIpc) is 2.44. The predicted molar refractivity (Wildman–Crippen MR) is 53.8 cm³/mol. The van der Waals surface area contributed by atoms with Crippen LogP contribution < -0.4 is 5.32 Å². The third kappa shape index (κ3) is 2.05. The molecular formula is C11H21NO. The molecule has 1 spiro atoms. The first-order valence-corrected chi connectivity index (χ1v) is 5.61. The van der Waals surface area contributed by atoms with Crippen molar-refractivity contribution >= 4 is 0 Å². The summed E-state index contributed by atoms with van der Waals surface area (Å²) in [5.41, 5.74) is 0.199. The van der Waals surface area contributed by atoms with Crippen LogP contribution in [0.1, 0.15) is 46.0 Å². The summed E-state index contributed by atoms with van der Waals surface area (Å²) in [6.07, 6.45) is 6.81. The van der Waals surface area contributed by atoms with E-state index in [1.165, 1.54) is 25.7 Å². The highest BCUT2D eigenvalue weighted by Gasteiger charge is 2.38. The second kappa shape index (κ2) is 3.58. The molecule has 2 rings (SSSR count). The van der Waals surface area contributed by atoms with Gasteiger partial charge >= 0.3 is 0 Å². The maximum atomic E-state index is 6.17. The molecule has 13 heavy (non-hydrogen) atoms. The minimum atomic E-state index is 0.199. The SMILES string of the molecule is CC1CC(C)OC2(CCCC2)CN1. The average molecular weight is 183 g/mol. The van der Waals surface area contributed by atoms with E-state index < -0.39 is 0 Å². The number of rotatable bonds is 0. The van der Waals surface area contributed by atoms with Crippen LogP contribution >= 0.6 is 0 Å². The zero-order valence-electron chi connectivity index (χ0n) is 8.81. The van der Waals surface area contributed by atoms with Crippen molar-refractivity contribution in [2.45, 2.75) is 63.7 Å². The third-order valence-corrected chi connectivity index (χ3v) is 3.42. The van der Waals surface area contributed by atoms with Crippen LogP contribution in [0.2, 0.25) is 0 Å². The van der Waals surface area contributed by atoms with E-state index in [1.54, 1.807) is 0 Å². The molecule has 0 bridgehead atoms. The van der Waals surface area contributed by atoms with Gasteiger partial charge in [-0.3, -0.25) is 0 Å². The van der Waals surface area contributed by atoms with Crippen molar-refractivity contribution in [1.82, 2.24) is 5.32 Å². The molecule has 2 unspecified atom stereocenters. The van der Waals surface area contributed by atoms with Gasteiger partial charge in [-0.1, -0.05) is 12.8 Å². The monoisotopic (exact) mass is 183 g/mol. The van der Waals surface area contributed by atoms with E-state index >= 15 is 0 Å². The molecule has 2 nitrogen and oxygen atoms in total. The van der Waals surface area contributed by atoms with Gasteiger partial charge in [-0.25, -0.2) is 0 Å². The zero-order valence-corrected chi connectivity index (χ0v) is 8.81. The Morgan fingerprint density at radius 1 is 1.23 bits per heavy atom. The van der Waals surface area contributed by atoms with E-state index in [0.717, 1.165) is 13.0 Å². The highest BCUT2D eigenvalue weighted by Crippen LogP contribution is 2.35. The summed E-state index contributed by atoms with van der Waals surface area (Å²) < 4.78 is 6.17. The Balaban J connectivity index is 2.03. The molecule has 0 aromatic rings. The normalized spacial score (nSPS) is 39.2. The van der Waals surface area contributed by atoms with Gasteiger partial charge in [0.05, 0.1) is 11.7 Å². The van der Waals surface area contributed by atoms with Gasteiger partial charge in [0.15, 0.2) is 0 Å². The fraction of sp³-hybridized carbons (Fsp3) is 1.00. The van der Waals surface area contributed by atoms with Gasteiger partial charge in [0.25, 0.3) is 0 Å². The van der Waals surface area contributed by atoms with Crippen molar-refractivity contribution in [3.8, 4) is 0 Å². The minimum Gasteiger partial charge on any atom is -0.371 e. The van der Waals surface area contributed by atoms with Crippen LogP contribution in [0.15, 0.2) is 0 Å². The lowest BCUT2D eigenvalue weighted by molar-refractivity contribution is -0.0714. The second-order valence-corrected chi connectivity index (χ2v) is 4.84. The molecular weight excluding hydrogens is 162 g/mol. The molecule has 76 valence electrons. The number of nitrogens with one attached hydrogen (secondary N) is 1. The molecule has 0 radical (unpaired) electrons. The van der Waals surface area contributed by atoms with Crippen molar-refractivity contribution < 1.29 is 4.74 Å². The molecule has 1 saturated heterocycles. The Morgan fingerprint density at radius 2 is 1.92 bits per heavy atom. The summed E-state index contributed by atoms with van der Waals surface area (Å²) in [4.78, 5) is 0. The second-order valence-electron chi connectivity index (χ2n) is 4.84. The van der Waals surface area contributed by atoms with Gasteiger partial charge in [-0.2, -0.15) is 0 Å². The molecule has 0 amide bonds. The first-order chi connectivity index (χ1) is 6.20. The lowest BCUT2D eigenvalue weighted by Crippen LogP contribution is -2.40. The predicted octanol–water partition coefficient (Wildman–Crippen LogP) is 2.09. The van der Waals surface area contributed by atoms with Crippen molar-refractivity contribution in [2.24, 2.45) is 0 Å². The Morgan fingerprint density at radius 3 is 2.62 bits per heavy atom. The Hall–Kier alpha value is -0.0800. The van der Waals surface area contributed by atoms with Gasteiger partial charge in [-0.15, -0.1) is 0 Å². The van der Waals surface area contributed by atoms with E-state index in [0.29, 0.717) is 12.1 Å². The van der Waals surface area contributed by atoms with Gasteiger partial charge in [-0.05, 0) is 33.1 Å². The summed E-state index contributed by atoms with van der Waals surface area (Å²) in [6.45, 7) is 5.54. The molecule has 1 aliphatic heterocycles. The van der Waals surface area contributed by atoms with E-state index in [1.807, 2.05) is 0 Å². The smallest absolute Gasteiger partial charge is 0.0810 e. The number of hydrogen-bond acceptors (Lipinski definition) is 2. The van der Waals surface area contributed by atoms with Crippen LogP contribution in [0.4, 0.5) is 0 Å². The van der Waals surface area contributed by atoms with E-state index in [4.69, 9.17) is 4.74 Å². The quantitative estimate of drug-likeness (QED) is 0.621. The molecule has 0 aromatic carbocycles. The molecule has 1 N–H and O–H groups in total. The van der Waals surface area contributed by atoms with E-state index in [9.17, 15) is 0 Å². The molecule has 2 fully saturated rings. The molecule has 2 aliphatic rings. The molecule has 2 atom stereocenters. The van der Waals surface area contributed by atoms with Crippen LogP contribution in [0.3, 0.4) is 0 Å². The summed E-state index contributed by atoms with van der Waals surface area (Å²) >= 11 is 0. The molecule has 2 heteroatoms. The highest BCUT2D eigenvalue weighted by atomic mass is 16.5. The summed E-state index contributed by atoms with van der Waals surface area (Å²) in [5.74, 6) is 0. The molecule has 1 heterocycles. The lowest BCUT2D eigenvalue weighted by Gasteiger charge is -2.29. The van der Waals surface area contributed by atoms with Crippen LogP contribution in [-0.4, -0.2) is 24.3 Å². The van der Waals surface area contributed by atoms with Crippen LogP contribution in [0.5, 0.6) is 0 Å². The van der Waals surface area contributed by atoms with Crippen LogP contribution in [0, 0.1) is 0 Å². The largest absolute Gasteiger partial charge is 0.371 e. The maximum Gasteiger partial charge on any atom is 0.0810 e. The molecule has 1 saturated carbocycles. The first-order valence-electron chi connectivity index (χ1n) is 5.61. The summed E-state index contributed by atoms with van der Waals surface area (Å²) in [5, 5.41) is 3.58. The number of ether oxygens (including phenoxy) is 1. The summed E-state index contributed by atoms with van der Waals surface area (Å²) in [7, 11) is 0. The van der Waals surface area contributed by atoms with Crippen molar-refractivity contribution in [3.05, 3.63) is 0 Å². The topological polar surface area (TPSA) is 21.3 Å².